The van der Waals surface area contributed by atoms with Crippen molar-refractivity contribution < 1.29 is 14.4 Å². The van der Waals surface area contributed by atoms with Crippen LogP contribution in [0.15, 0.2) is 0 Å². The van der Waals surface area contributed by atoms with E-state index in [2.05, 4.69) is 0 Å². The predicted molar refractivity (Wildman–Crippen MR) is 42.7 cm³/mol. The maximum absolute atomic E-state index is 11.1. The molecule has 1 aliphatic carbocycles. The van der Waals surface area contributed by atoms with Crippen LogP contribution in [0.1, 0.15) is 32.6 Å². The first-order valence-corrected chi connectivity index (χ1v) is 4.26. The summed E-state index contributed by atoms with van der Waals surface area (Å²) in [6.45, 7) is 1.99. The van der Waals surface area contributed by atoms with E-state index in [0.29, 0.717) is 6.42 Å². The van der Waals surface area contributed by atoms with Crippen molar-refractivity contribution >= 4 is 17.3 Å². The summed E-state index contributed by atoms with van der Waals surface area (Å²) < 4.78 is 0. The van der Waals surface area contributed by atoms with Crippen LogP contribution in [0.3, 0.4) is 0 Å². The molecule has 3 heteroatoms. The Bertz CT molecular complexity index is 230. The van der Waals surface area contributed by atoms with Gasteiger partial charge in [-0.1, -0.05) is 19.8 Å². The van der Waals surface area contributed by atoms with Gasteiger partial charge in [0.1, 0.15) is 0 Å². The second-order valence-corrected chi connectivity index (χ2v) is 3.13. The SMILES string of the molecule is CCCCC1C(=O)CC(=O)C1=O. The minimum Gasteiger partial charge on any atom is -0.298 e. The molecule has 1 rings (SSSR count). The molecular weight excluding hydrogens is 156 g/mol. The zero-order valence-electron chi connectivity index (χ0n) is 7.13. The van der Waals surface area contributed by atoms with E-state index in [0.717, 1.165) is 12.8 Å². The fourth-order valence-electron chi connectivity index (χ4n) is 1.41. The molecule has 1 atom stereocenters. The molecule has 0 heterocycles. The van der Waals surface area contributed by atoms with E-state index in [4.69, 9.17) is 0 Å². The average Bonchev–Trinajstić information content (AvgIpc) is 2.25. The van der Waals surface area contributed by atoms with Gasteiger partial charge >= 0.3 is 0 Å². The van der Waals surface area contributed by atoms with Gasteiger partial charge in [-0.3, -0.25) is 14.4 Å². The Hall–Kier alpha value is -0.990. The van der Waals surface area contributed by atoms with Crippen LogP contribution in [0.5, 0.6) is 0 Å². The number of carbonyl (C=O) groups is 3. The highest BCUT2D eigenvalue weighted by Crippen LogP contribution is 2.20. The lowest BCUT2D eigenvalue weighted by Gasteiger charge is -2.02. The lowest BCUT2D eigenvalue weighted by atomic mass is 9.99. The number of hydrogen-bond donors (Lipinski definition) is 0. The molecule has 1 unspecified atom stereocenters. The standard InChI is InChI=1S/C9H12O3/c1-2-3-4-6-7(10)5-8(11)9(6)12/h6H,2-5H2,1H3. The first-order valence-electron chi connectivity index (χ1n) is 4.26. The van der Waals surface area contributed by atoms with Gasteiger partial charge in [-0.25, -0.2) is 0 Å². The second kappa shape index (κ2) is 3.61. The van der Waals surface area contributed by atoms with Crippen molar-refractivity contribution in [1.29, 1.82) is 0 Å². The summed E-state index contributed by atoms with van der Waals surface area (Å²) in [5, 5.41) is 0. The molecule has 0 spiro atoms. The molecule has 0 aromatic rings. The van der Waals surface area contributed by atoms with Crippen molar-refractivity contribution in [3.05, 3.63) is 0 Å². The Balaban J connectivity index is 2.58. The topological polar surface area (TPSA) is 51.2 Å². The summed E-state index contributed by atoms with van der Waals surface area (Å²) in [5.41, 5.74) is 0. The third-order valence-electron chi connectivity index (χ3n) is 2.16. The number of ketones is 3. The van der Waals surface area contributed by atoms with Gasteiger partial charge in [0.2, 0.25) is 11.6 Å². The lowest BCUT2D eigenvalue weighted by Crippen LogP contribution is -2.16. The van der Waals surface area contributed by atoms with Crippen LogP contribution in [-0.4, -0.2) is 17.3 Å². The van der Waals surface area contributed by atoms with E-state index in [-0.39, 0.29) is 12.2 Å². The maximum Gasteiger partial charge on any atom is 0.209 e. The van der Waals surface area contributed by atoms with Gasteiger partial charge in [-0.15, -0.1) is 0 Å². The van der Waals surface area contributed by atoms with Crippen LogP contribution in [0.25, 0.3) is 0 Å². The van der Waals surface area contributed by atoms with Gasteiger partial charge < -0.3 is 0 Å². The molecule has 0 aliphatic heterocycles. The van der Waals surface area contributed by atoms with Crippen molar-refractivity contribution in [2.45, 2.75) is 32.6 Å². The average molecular weight is 168 g/mol. The molecule has 0 bridgehead atoms. The van der Waals surface area contributed by atoms with Crippen LogP contribution in [-0.2, 0) is 14.4 Å². The Labute approximate surface area is 71.1 Å². The van der Waals surface area contributed by atoms with Crippen LogP contribution in [0.4, 0.5) is 0 Å². The third-order valence-corrected chi connectivity index (χ3v) is 2.16. The molecule has 3 nitrogen and oxygen atoms in total. The molecule has 1 fully saturated rings. The molecule has 0 aromatic carbocycles. The maximum atomic E-state index is 11.1. The van der Waals surface area contributed by atoms with Crippen LogP contribution in [0.2, 0.25) is 0 Å². The van der Waals surface area contributed by atoms with Crippen LogP contribution >= 0.6 is 0 Å². The predicted octanol–water partition coefficient (Wildman–Crippen LogP) is 0.904. The monoisotopic (exact) mass is 168 g/mol. The Kier molecular flexibility index (Phi) is 2.74. The summed E-state index contributed by atoms with van der Waals surface area (Å²) in [6.07, 6.45) is 2.19. The molecule has 0 N–H and O–H groups in total. The highest BCUT2D eigenvalue weighted by molar-refractivity contribution is 6.49. The number of unbranched alkanes of at least 4 members (excludes halogenated alkanes) is 1. The van der Waals surface area contributed by atoms with Crippen molar-refractivity contribution in [1.82, 2.24) is 0 Å². The first kappa shape index (κ1) is 9.10. The first-order chi connectivity index (χ1) is 5.66. The van der Waals surface area contributed by atoms with E-state index >= 15 is 0 Å². The molecule has 1 aliphatic rings. The fraction of sp³-hybridized carbons (Fsp3) is 0.667. The quantitative estimate of drug-likeness (QED) is 0.464. The highest BCUT2D eigenvalue weighted by atomic mass is 16.2. The summed E-state index contributed by atoms with van der Waals surface area (Å²) >= 11 is 0. The molecule has 66 valence electrons. The van der Waals surface area contributed by atoms with E-state index in [9.17, 15) is 14.4 Å². The minimum atomic E-state index is -0.600. The zero-order valence-corrected chi connectivity index (χ0v) is 7.13. The van der Waals surface area contributed by atoms with Gasteiger partial charge in [0.05, 0.1) is 12.3 Å². The Morgan fingerprint density at radius 2 is 2.00 bits per heavy atom. The molecule has 0 radical (unpaired) electrons. The zero-order chi connectivity index (χ0) is 9.14. The second-order valence-electron chi connectivity index (χ2n) is 3.13. The number of Topliss-reactive ketones (excluding diaryl/α,β-unsaturated/α-hetero) is 3. The largest absolute Gasteiger partial charge is 0.298 e. The van der Waals surface area contributed by atoms with Crippen LogP contribution in [0, 0.1) is 5.92 Å². The molecule has 0 saturated heterocycles. The van der Waals surface area contributed by atoms with E-state index in [1.54, 1.807) is 0 Å². The summed E-state index contributed by atoms with van der Waals surface area (Å²) in [6, 6.07) is 0. The van der Waals surface area contributed by atoms with Crippen LogP contribution < -0.4 is 0 Å². The molecule has 0 aromatic heterocycles. The van der Waals surface area contributed by atoms with Gasteiger partial charge in [-0.2, -0.15) is 0 Å². The van der Waals surface area contributed by atoms with Crippen molar-refractivity contribution in [2.75, 3.05) is 0 Å². The molecule has 0 amide bonds. The molecule has 12 heavy (non-hydrogen) atoms. The molecular formula is C9H12O3. The summed E-state index contributed by atoms with van der Waals surface area (Å²) in [7, 11) is 0. The smallest absolute Gasteiger partial charge is 0.209 e. The fourth-order valence-corrected chi connectivity index (χ4v) is 1.41. The third kappa shape index (κ3) is 1.60. The van der Waals surface area contributed by atoms with E-state index < -0.39 is 17.5 Å². The number of rotatable bonds is 3. The lowest BCUT2D eigenvalue weighted by molar-refractivity contribution is -0.136. The van der Waals surface area contributed by atoms with Gasteiger partial charge in [-0.05, 0) is 6.42 Å². The van der Waals surface area contributed by atoms with Crippen molar-refractivity contribution in [2.24, 2.45) is 5.92 Å². The summed E-state index contributed by atoms with van der Waals surface area (Å²) in [4.78, 5) is 32.9. The Morgan fingerprint density at radius 3 is 2.42 bits per heavy atom. The normalized spacial score (nSPS) is 23.8. The van der Waals surface area contributed by atoms with Crippen molar-refractivity contribution in [3.63, 3.8) is 0 Å². The summed E-state index contributed by atoms with van der Waals surface area (Å²) in [5.74, 6) is -1.74. The van der Waals surface area contributed by atoms with Gasteiger partial charge in [0.25, 0.3) is 0 Å². The van der Waals surface area contributed by atoms with Crippen molar-refractivity contribution in [3.8, 4) is 0 Å². The minimum absolute atomic E-state index is 0.160. The van der Waals surface area contributed by atoms with Gasteiger partial charge in [0, 0.05) is 0 Å². The number of hydrogen-bond acceptors (Lipinski definition) is 3. The van der Waals surface area contributed by atoms with E-state index in [1.807, 2.05) is 6.92 Å². The van der Waals surface area contributed by atoms with Gasteiger partial charge in [0.15, 0.2) is 5.78 Å². The molecule has 1 saturated carbocycles. The Morgan fingerprint density at radius 1 is 1.33 bits per heavy atom. The highest BCUT2D eigenvalue weighted by Gasteiger charge is 2.38. The number of carbonyl (C=O) groups excluding carboxylic acids is 3. The van der Waals surface area contributed by atoms with E-state index in [1.165, 1.54) is 0 Å².